The highest BCUT2D eigenvalue weighted by Gasteiger charge is 2.40. The summed E-state index contributed by atoms with van der Waals surface area (Å²) in [6.07, 6.45) is 2.06. The predicted molar refractivity (Wildman–Crippen MR) is 173 cm³/mol. The van der Waals surface area contributed by atoms with E-state index in [1.54, 1.807) is 0 Å². The fourth-order valence-electron chi connectivity index (χ4n) is 6.61. The van der Waals surface area contributed by atoms with Gasteiger partial charge in [0.15, 0.2) is 0 Å². The molecule has 0 heterocycles. The lowest BCUT2D eigenvalue weighted by Crippen LogP contribution is -2.23. The van der Waals surface area contributed by atoms with E-state index in [2.05, 4.69) is 159 Å². The summed E-state index contributed by atoms with van der Waals surface area (Å²) in [6.45, 7) is 4.62. The van der Waals surface area contributed by atoms with Gasteiger partial charge in [0.2, 0.25) is 0 Å². The second-order valence-electron chi connectivity index (χ2n) is 10.9. The van der Waals surface area contributed by atoms with Crippen LogP contribution in [0.3, 0.4) is 0 Å². The van der Waals surface area contributed by atoms with Gasteiger partial charge in [-0.15, -0.1) is 0 Å². The van der Waals surface area contributed by atoms with Crippen LogP contribution >= 0.6 is 0 Å². The van der Waals surface area contributed by atoms with Crippen molar-refractivity contribution in [3.05, 3.63) is 155 Å². The summed E-state index contributed by atoms with van der Waals surface area (Å²) in [5.41, 5.74) is 9.65. The summed E-state index contributed by atoms with van der Waals surface area (Å²) < 4.78 is 0. The molecular weight excluding hydrogens is 492 g/mol. The zero-order valence-electron chi connectivity index (χ0n) is 23.5. The van der Waals surface area contributed by atoms with Crippen molar-refractivity contribution in [3.63, 3.8) is 0 Å². The van der Waals surface area contributed by atoms with E-state index in [0.29, 0.717) is 0 Å². The van der Waals surface area contributed by atoms with Crippen LogP contribution in [0.2, 0.25) is 0 Å². The Kier molecular flexibility index (Phi) is 6.19. The van der Waals surface area contributed by atoms with Gasteiger partial charge >= 0.3 is 0 Å². The lowest BCUT2D eigenvalue weighted by molar-refractivity contribution is 0.490. The number of fused-ring (bicyclic) bond motifs is 5. The molecule has 0 unspecified atom stereocenters. The minimum absolute atomic E-state index is 0.0427. The van der Waals surface area contributed by atoms with Crippen molar-refractivity contribution in [3.8, 4) is 34.8 Å². The Bertz CT molecular complexity index is 1920. The number of hydrogen-bond donors (Lipinski definition) is 0. The summed E-state index contributed by atoms with van der Waals surface area (Å²) in [6, 6.07) is 43.2. The molecular formula is C41H30. The molecule has 194 valence electrons. The van der Waals surface area contributed by atoms with Crippen LogP contribution in [0.1, 0.15) is 60.1 Å². The average molecular weight is 523 g/mol. The molecule has 0 nitrogen and oxygen atoms in total. The van der Waals surface area contributed by atoms with Gasteiger partial charge in [0, 0.05) is 27.7 Å². The van der Waals surface area contributed by atoms with Gasteiger partial charge in [0.25, 0.3) is 0 Å². The summed E-state index contributed by atoms with van der Waals surface area (Å²) in [4.78, 5) is 0. The molecule has 0 saturated carbocycles. The van der Waals surface area contributed by atoms with Gasteiger partial charge in [-0.25, -0.2) is 0 Å². The molecule has 1 aliphatic carbocycles. The van der Waals surface area contributed by atoms with Crippen LogP contribution in [0, 0.1) is 23.7 Å². The van der Waals surface area contributed by atoms with Crippen molar-refractivity contribution in [1.82, 2.24) is 0 Å². The lowest BCUT2D eigenvalue weighted by atomic mass is 9.73. The Hall–Kier alpha value is -5.04. The van der Waals surface area contributed by atoms with Gasteiger partial charge in [0.05, 0.1) is 0 Å². The normalized spacial score (nSPS) is 12.6. The first-order valence-electron chi connectivity index (χ1n) is 14.5. The van der Waals surface area contributed by atoms with E-state index >= 15 is 0 Å². The fraction of sp³-hybridized carbons (Fsp3) is 0.122. The summed E-state index contributed by atoms with van der Waals surface area (Å²) in [5.74, 6) is 13.9. The molecule has 6 aromatic rings. The third-order valence-electron chi connectivity index (χ3n) is 8.83. The number of hydrogen-bond acceptors (Lipinski definition) is 0. The Morgan fingerprint density at radius 2 is 0.902 bits per heavy atom. The van der Waals surface area contributed by atoms with E-state index in [1.807, 2.05) is 0 Å². The van der Waals surface area contributed by atoms with E-state index in [9.17, 15) is 0 Å². The van der Waals surface area contributed by atoms with E-state index in [-0.39, 0.29) is 5.41 Å². The number of benzene rings is 6. The molecule has 0 spiro atoms. The molecule has 0 aliphatic heterocycles. The summed E-state index contributed by atoms with van der Waals surface area (Å²) in [5, 5.41) is 4.84. The van der Waals surface area contributed by atoms with E-state index in [0.717, 1.165) is 35.1 Å². The van der Waals surface area contributed by atoms with Crippen LogP contribution in [-0.2, 0) is 5.41 Å². The molecule has 41 heavy (non-hydrogen) atoms. The topological polar surface area (TPSA) is 0 Å². The Labute approximate surface area is 242 Å². The Balaban J connectivity index is 1.28. The standard InChI is InChI=1S/C41H30/c1-3-41(4-2)39-27-29(19-23-33-15-9-13-31-11-5-7-17-35(31)33)21-25-37(39)38-26-22-30(28-40(38)41)20-24-34-16-10-14-32-12-6-8-18-36(32)34/h5-18,21-22,25-28H,3-4H2,1-2H3. The molecule has 0 aromatic heterocycles. The highest BCUT2D eigenvalue weighted by atomic mass is 14.4. The first-order valence-corrected chi connectivity index (χ1v) is 14.5. The quantitative estimate of drug-likeness (QED) is 0.199. The average Bonchev–Trinajstić information content (AvgIpc) is 3.31. The molecule has 0 radical (unpaired) electrons. The minimum Gasteiger partial charge on any atom is -0.0642 e. The fourth-order valence-corrected chi connectivity index (χ4v) is 6.61. The predicted octanol–water partition coefficient (Wildman–Crippen LogP) is 9.88. The zero-order valence-corrected chi connectivity index (χ0v) is 23.5. The first-order chi connectivity index (χ1) is 20.2. The third-order valence-corrected chi connectivity index (χ3v) is 8.83. The van der Waals surface area contributed by atoms with E-state index < -0.39 is 0 Å². The van der Waals surface area contributed by atoms with Gasteiger partial charge in [-0.3, -0.25) is 0 Å². The first kappa shape index (κ1) is 25.0. The van der Waals surface area contributed by atoms with Gasteiger partial charge in [0.1, 0.15) is 0 Å². The molecule has 0 amide bonds. The van der Waals surface area contributed by atoms with Crippen LogP contribution in [0.25, 0.3) is 32.7 Å². The second-order valence-corrected chi connectivity index (χ2v) is 10.9. The lowest BCUT2D eigenvalue weighted by Gasteiger charge is -2.29. The minimum atomic E-state index is -0.0427. The molecule has 0 N–H and O–H groups in total. The van der Waals surface area contributed by atoms with Crippen molar-refractivity contribution in [2.75, 3.05) is 0 Å². The monoisotopic (exact) mass is 522 g/mol. The zero-order chi connectivity index (χ0) is 27.8. The molecule has 0 saturated heterocycles. The van der Waals surface area contributed by atoms with E-state index in [1.165, 1.54) is 43.8 Å². The second kappa shape index (κ2) is 10.2. The van der Waals surface area contributed by atoms with Crippen LogP contribution < -0.4 is 0 Å². The molecule has 0 fully saturated rings. The molecule has 0 bridgehead atoms. The number of rotatable bonds is 2. The van der Waals surface area contributed by atoms with Crippen LogP contribution in [0.15, 0.2) is 121 Å². The third kappa shape index (κ3) is 4.21. The van der Waals surface area contributed by atoms with Crippen molar-refractivity contribution >= 4 is 21.5 Å². The maximum atomic E-state index is 3.49. The smallest absolute Gasteiger partial charge is 0.0327 e. The molecule has 7 rings (SSSR count). The molecule has 1 aliphatic rings. The summed E-state index contributed by atoms with van der Waals surface area (Å²) in [7, 11) is 0. The van der Waals surface area contributed by atoms with Crippen LogP contribution in [-0.4, -0.2) is 0 Å². The van der Waals surface area contributed by atoms with E-state index in [4.69, 9.17) is 0 Å². The van der Waals surface area contributed by atoms with Gasteiger partial charge in [-0.05, 0) is 93.0 Å². The van der Waals surface area contributed by atoms with Gasteiger partial charge in [-0.1, -0.05) is 122 Å². The molecule has 0 heteroatoms. The maximum Gasteiger partial charge on any atom is 0.0327 e. The maximum absolute atomic E-state index is 3.49. The van der Waals surface area contributed by atoms with Gasteiger partial charge < -0.3 is 0 Å². The Morgan fingerprint density at radius 1 is 0.463 bits per heavy atom. The SMILES string of the molecule is CCC1(CC)c2cc(C#Cc3cccc4ccccc34)ccc2-c2ccc(C#Cc3cccc4ccccc34)cc21. The Morgan fingerprint density at radius 3 is 1.37 bits per heavy atom. The summed E-state index contributed by atoms with van der Waals surface area (Å²) >= 11 is 0. The van der Waals surface area contributed by atoms with Crippen LogP contribution in [0.5, 0.6) is 0 Å². The van der Waals surface area contributed by atoms with Gasteiger partial charge in [-0.2, -0.15) is 0 Å². The highest BCUT2D eigenvalue weighted by Crippen LogP contribution is 2.53. The molecule has 6 aromatic carbocycles. The highest BCUT2D eigenvalue weighted by molar-refractivity contribution is 5.89. The van der Waals surface area contributed by atoms with Crippen LogP contribution in [0.4, 0.5) is 0 Å². The van der Waals surface area contributed by atoms with Crippen molar-refractivity contribution < 1.29 is 0 Å². The van der Waals surface area contributed by atoms with Crippen molar-refractivity contribution in [1.29, 1.82) is 0 Å². The largest absolute Gasteiger partial charge is 0.0642 e. The molecule has 0 atom stereocenters. The van der Waals surface area contributed by atoms with Crippen molar-refractivity contribution in [2.24, 2.45) is 0 Å². The van der Waals surface area contributed by atoms with Crippen molar-refractivity contribution in [2.45, 2.75) is 32.1 Å².